The van der Waals surface area contributed by atoms with Crippen LogP contribution < -0.4 is 10.1 Å². The molecule has 0 bridgehead atoms. The van der Waals surface area contributed by atoms with Crippen molar-refractivity contribution >= 4 is 5.91 Å². The van der Waals surface area contributed by atoms with Gasteiger partial charge in [0.05, 0.1) is 13.7 Å². The number of piperazine rings is 1. The summed E-state index contributed by atoms with van der Waals surface area (Å²) in [6.07, 6.45) is 5.91. The lowest BCUT2D eigenvalue weighted by Crippen LogP contribution is -2.50. The number of benzene rings is 1. The van der Waals surface area contributed by atoms with E-state index in [0.29, 0.717) is 19.1 Å². The maximum absolute atomic E-state index is 13.2. The molecule has 0 spiro atoms. The number of rotatable bonds is 7. The van der Waals surface area contributed by atoms with Gasteiger partial charge in [-0.05, 0) is 42.2 Å². The number of aromatic nitrogens is 1. The monoisotopic (exact) mass is 380 g/mol. The summed E-state index contributed by atoms with van der Waals surface area (Å²) in [6, 6.07) is 12.6. The van der Waals surface area contributed by atoms with E-state index in [1.54, 1.807) is 13.3 Å². The Hall–Kier alpha value is -2.44. The second-order valence-corrected chi connectivity index (χ2v) is 7.58. The fraction of sp³-hybridized carbons (Fsp3) is 0.455. The van der Waals surface area contributed by atoms with E-state index in [0.717, 1.165) is 49.4 Å². The molecule has 6 nitrogen and oxygen atoms in total. The number of pyridine rings is 1. The van der Waals surface area contributed by atoms with Crippen LogP contribution in [0.3, 0.4) is 0 Å². The molecule has 1 aliphatic carbocycles. The lowest BCUT2D eigenvalue weighted by Gasteiger charge is -2.37. The van der Waals surface area contributed by atoms with Crippen LogP contribution in [0.1, 0.15) is 30.0 Å². The molecule has 0 radical (unpaired) electrons. The van der Waals surface area contributed by atoms with Crippen LogP contribution in [0.5, 0.6) is 5.75 Å². The first-order chi connectivity index (χ1) is 13.7. The van der Waals surface area contributed by atoms with Crippen LogP contribution in [0.15, 0.2) is 48.8 Å². The van der Waals surface area contributed by atoms with Crippen molar-refractivity contribution < 1.29 is 9.53 Å². The molecule has 2 fully saturated rings. The molecule has 1 N–H and O–H groups in total. The first kappa shape index (κ1) is 18.9. The van der Waals surface area contributed by atoms with Gasteiger partial charge in [0, 0.05) is 50.7 Å². The third kappa shape index (κ3) is 4.51. The first-order valence-corrected chi connectivity index (χ1v) is 10.0. The summed E-state index contributed by atoms with van der Waals surface area (Å²) in [6.45, 7) is 3.74. The molecule has 2 heterocycles. The van der Waals surface area contributed by atoms with Gasteiger partial charge in [-0.2, -0.15) is 0 Å². The van der Waals surface area contributed by atoms with E-state index in [4.69, 9.17) is 4.74 Å². The minimum Gasteiger partial charge on any atom is -0.497 e. The highest BCUT2D eigenvalue weighted by Gasteiger charge is 2.34. The molecule has 1 aliphatic heterocycles. The van der Waals surface area contributed by atoms with Crippen LogP contribution in [0, 0.1) is 0 Å². The molecule has 1 atom stereocenters. The number of nitrogens with one attached hydrogen (secondary N) is 1. The standard InChI is InChI=1S/C22H28N4O2/c1-28-20-8-4-17(5-9-20)15-26(19-6-7-19)22(27)16-25-12-11-24-14-21(25)18-3-2-10-23-13-18/h2-5,8-10,13,19,21,24H,6-7,11-12,14-16H2,1H3. The SMILES string of the molecule is COc1ccc(CN(C(=O)CN2CCNCC2c2cccnc2)C2CC2)cc1. The molecule has 2 aromatic rings. The molecular formula is C22H28N4O2. The van der Waals surface area contributed by atoms with Gasteiger partial charge in [0.1, 0.15) is 5.75 Å². The van der Waals surface area contributed by atoms with Crippen LogP contribution >= 0.6 is 0 Å². The Morgan fingerprint density at radius 1 is 1.29 bits per heavy atom. The van der Waals surface area contributed by atoms with E-state index < -0.39 is 0 Å². The minimum atomic E-state index is 0.188. The molecule has 2 aliphatic rings. The van der Waals surface area contributed by atoms with Crippen molar-refractivity contribution in [2.24, 2.45) is 0 Å². The number of carbonyl (C=O) groups excluding carboxylic acids is 1. The van der Waals surface area contributed by atoms with Crippen LogP contribution in [-0.4, -0.2) is 60.0 Å². The van der Waals surface area contributed by atoms with Gasteiger partial charge >= 0.3 is 0 Å². The Balaban J connectivity index is 1.44. The summed E-state index contributed by atoms with van der Waals surface area (Å²) in [5.74, 6) is 1.06. The summed E-state index contributed by atoms with van der Waals surface area (Å²) in [5.41, 5.74) is 2.31. The van der Waals surface area contributed by atoms with Crippen molar-refractivity contribution in [1.29, 1.82) is 0 Å². The smallest absolute Gasteiger partial charge is 0.237 e. The van der Waals surface area contributed by atoms with E-state index in [1.807, 2.05) is 36.5 Å². The molecule has 148 valence electrons. The average molecular weight is 380 g/mol. The number of hydrogen-bond acceptors (Lipinski definition) is 5. The van der Waals surface area contributed by atoms with Gasteiger partial charge in [-0.1, -0.05) is 18.2 Å². The van der Waals surface area contributed by atoms with Gasteiger partial charge in [-0.25, -0.2) is 0 Å². The quantitative estimate of drug-likeness (QED) is 0.798. The van der Waals surface area contributed by atoms with E-state index in [-0.39, 0.29) is 11.9 Å². The average Bonchev–Trinajstić information content (AvgIpc) is 3.58. The first-order valence-electron chi connectivity index (χ1n) is 10.0. The Kier molecular flexibility index (Phi) is 5.88. The Morgan fingerprint density at radius 3 is 2.79 bits per heavy atom. The summed E-state index contributed by atoms with van der Waals surface area (Å²) in [7, 11) is 1.67. The Bertz CT molecular complexity index is 777. The van der Waals surface area contributed by atoms with Gasteiger partial charge in [0.25, 0.3) is 0 Å². The molecule has 1 saturated carbocycles. The topological polar surface area (TPSA) is 57.7 Å². The van der Waals surface area contributed by atoms with Crippen LogP contribution in [-0.2, 0) is 11.3 Å². The Morgan fingerprint density at radius 2 is 2.11 bits per heavy atom. The second-order valence-electron chi connectivity index (χ2n) is 7.58. The van der Waals surface area contributed by atoms with Crippen molar-refractivity contribution in [2.75, 3.05) is 33.3 Å². The van der Waals surface area contributed by atoms with Gasteiger partial charge in [0.15, 0.2) is 0 Å². The van der Waals surface area contributed by atoms with E-state index in [1.165, 1.54) is 0 Å². The fourth-order valence-corrected chi connectivity index (χ4v) is 3.84. The van der Waals surface area contributed by atoms with Crippen molar-refractivity contribution in [3.8, 4) is 5.75 Å². The number of methoxy groups -OCH3 is 1. The number of hydrogen-bond donors (Lipinski definition) is 1. The van der Waals surface area contributed by atoms with E-state index in [9.17, 15) is 4.79 Å². The molecule has 6 heteroatoms. The molecule has 4 rings (SSSR count). The zero-order valence-electron chi connectivity index (χ0n) is 16.4. The Labute approximate surface area is 166 Å². The highest BCUT2D eigenvalue weighted by molar-refractivity contribution is 5.79. The number of ether oxygens (including phenoxy) is 1. The second kappa shape index (κ2) is 8.71. The van der Waals surface area contributed by atoms with Crippen molar-refractivity contribution in [3.63, 3.8) is 0 Å². The highest BCUT2D eigenvalue weighted by Crippen LogP contribution is 2.30. The zero-order valence-corrected chi connectivity index (χ0v) is 16.4. The highest BCUT2D eigenvalue weighted by atomic mass is 16.5. The van der Waals surface area contributed by atoms with Gasteiger partial charge in [0.2, 0.25) is 5.91 Å². The van der Waals surface area contributed by atoms with Crippen LogP contribution in [0.4, 0.5) is 0 Å². The van der Waals surface area contributed by atoms with Crippen LogP contribution in [0.25, 0.3) is 0 Å². The van der Waals surface area contributed by atoms with Crippen molar-refractivity contribution in [2.45, 2.75) is 31.5 Å². The molecule has 1 amide bonds. The predicted molar refractivity (Wildman–Crippen MR) is 108 cm³/mol. The zero-order chi connectivity index (χ0) is 19.3. The predicted octanol–water partition coefficient (Wildman–Crippen LogP) is 2.23. The molecule has 1 unspecified atom stereocenters. The molecule has 28 heavy (non-hydrogen) atoms. The van der Waals surface area contributed by atoms with E-state index in [2.05, 4.69) is 26.2 Å². The molecule has 1 saturated heterocycles. The normalized spacial score (nSPS) is 20.0. The third-order valence-electron chi connectivity index (χ3n) is 5.58. The lowest BCUT2D eigenvalue weighted by atomic mass is 10.1. The van der Waals surface area contributed by atoms with E-state index >= 15 is 0 Å². The van der Waals surface area contributed by atoms with Gasteiger partial charge in [-0.3, -0.25) is 14.7 Å². The van der Waals surface area contributed by atoms with Gasteiger partial charge in [-0.15, -0.1) is 0 Å². The summed E-state index contributed by atoms with van der Waals surface area (Å²) < 4.78 is 5.24. The van der Waals surface area contributed by atoms with Crippen molar-refractivity contribution in [3.05, 3.63) is 59.9 Å². The summed E-state index contributed by atoms with van der Waals surface area (Å²) in [5, 5.41) is 3.45. The lowest BCUT2D eigenvalue weighted by molar-refractivity contribution is -0.134. The summed E-state index contributed by atoms with van der Waals surface area (Å²) >= 11 is 0. The largest absolute Gasteiger partial charge is 0.497 e. The summed E-state index contributed by atoms with van der Waals surface area (Å²) in [4.78, 5) is 21.8. The number of carbonyl (C=O) groups is 1. The van der Waals surface area contributed by atoms with Crippen LogP contribution in [0.2, 0.25) is 0 Å². The molecule has 1 aromatic carbocycles. The molecule has 1 aromatic heterocycles. The maximum Gasteiger partial charge on any atom is 0.237 e. The third-order valence-corrected chi connectivity index (χ3v) is 5.58. The molecular weight excluding hydrogens is 352 g/mol. The number of nitrogens with zero attached hydrogens (tertiary/aromatic N) is 3. The minimum absolute atomic E-state index is 0.188. The number of amides is 1. The maximum atomic E-state index is 13.2. The van der Waals surface area contributed by atoms with Gasteiger partial charge < -0.3 is 15.0 Å². The van der Waals surface area contributed by atoms with Crippen molar-refractivity contribution in [1.82, 2.24) is 20.1 Å². The fourth-order valence-electron chi connectivity index (χ4n) is 3.84.